The van der Waals surface area contributed by atoms with E-state index < -0.39 is 46.5 Å². The Morgan fingerprint density at radius 2 is 1.64 bits per heavy atom. The van der Waals surface area contributed by atoms with Gasteiger partial charge in [0.25, 0.3) is 0 Å². The number of likely N-dealkylation sites (tertiary alicyclic amines) is 2. The Morgan fingerprint density at radius 3 is 2.21 bits per heavy atom. The second-order valence-electron chi connectivity index (χ2n) is 14.6. The monoisotopic (exact) mass is 670 g/mol. The van der Waals surface area contributed by atoms with Gasteiger partial charge < -0.3 is 24.0 Å². The minimum Gasteiger partial charge on any atom is -0.456 e. The molecule has 1 spiro atoms. The van der Waals surface area contributed by atoms with E-state index in [1.807, 2.05) is 0 Å². The van der Waals surface area contributed by atoms with Gasteiger partial charge in [-0.2, -0.15) is 13.2 Å². The topological polar surface area (TPSA) is 85.4 Å². The smallest absolute Gasteiger partial charge is 0.410 e. The van der Waals surface area contributed by atoms with Crippen LogP contribution in [-0.4, -0.2) is 84.9 Å². The summed E-state index contributed by atoms with van der Waals surface area (Å²) >= 11 is 0. The van der Waals surface area contributed by atoms with E-state index in [1.54, 1.807) is 39.0 Å². The maximum absolute atomic E-state index is 14.0. The van der Waals surface area contributed by atoms with Gasteiger partial charge in [-0.15, -0.1) is 0 Å². The highest BCUT2D eigenvalue weighted by Gasteiger charge is 2.71. The summed E-state index contributed by atoms with van der Waals surface area (Å²) in [5.41, 5.74) is -2.37. The molecule has 1 aromatic rings. The van der Waals surface area contributed by atoms with E-state index in [0.29, 0.717) is 11.1 Å². The number of amides is 2. The van der Waals surface area contributed by atoms with E-state index in [1.165, 1.54) is 15.9 Å². The van der Waals surface area contributed by atoms with Crippen molar-refractivity contribution in [2.75, 3.05) is 39.4 Å². The molecule has 2 saturated carbocycles. The van der Waals surface area contributed by atoms with Gasteiger partial charge in [0.05, 0.1) is 18.8 Å². The fourth-order valence-corrected chi connectivity index (χ4v) is 7.21. The zero-order chi connectivity index (χ0) is 34.4. The third-order valence-electron chi connectivity index (χ3n) is 9.92. The molecule has 2 aliphatic carbocycles. The van der Waals surface area contributed by atoms with Crippen molar-refractivity contribution >= 4 is 18.0 Å². The lowest BCUT2D eigenvalue weighted by atomic mass is 9.71. The first kappa shape index (κ1) is 35.1. The first-order chi connectivity index (χ1) is 21.9. The van der Waals surface area contributed by atoms with Crippen molar-refractivity contribution in [3.63, 3.8) is 0 Å². The van der Waals surface area contributed by atoms with Gasteiger partial charge in [0.2, 0.25) is 11.8 Å². The molecular weight excluding hydrogens is 627 g/mol. The van der Waals surface area contributed by atoms with Gasteiger partial charge >= 0.3 is 18.2 Å². The average molecular weight is 671 g/mol. The molecule has 2 amide bonds. The molecule has 2 saturated heterocycles. The largest absolute Gasteiger partial charge is 0.456 e. The van der Waals surface area contributed by atoms with Crippen LogP contribution in [0.4, 0.5) is 26.7 Å². The third kappa shape index (κ3) is 7.29. The summed E-state index contributed by atoms with van der Waals surface area (Å²) in [5.74, 6) is -4.83. The van der Waals surface area contributed by atoms with Crippen molar-refractivity contribution in [2.45, 2.75) is 89.5 Å². The van der Waals surface area contributed by atoms with Crippen LogP contribution in [0.2, 0.25) is 0 Å². The Labute approximate surface area is 271 Å². The van der Waals surface area contributed by atoms with Crippen molar-refractivity contribution < 1.29 is 50.5 Å². The molecule has 8 nitrogen and oxygen atoms in total. The average Bonchev–Trinajstić information content (AvgIpc) is 3.70. The fourth-order valence-electron chi connectivity index (χ4n) is 7.21. The molecule has 2 aliphatic heterocycles. The molecule has 5 rings (SSSR count). The lowest BCUT2D eigenvalue weighted by molar-refractivity contribution is -0.205. The van der Waals surface area contributed by atoms with Gasteiger partial charge in [-0.1, -0.05) is 30.9 Å². The molecule has 4 fully saturated rings. The van der Waals surface area contributed by atoms with Crippen LogP contribution in [0.15, 0.2) is 30.9 Å². The molecule has 0 N–H and O–H groups in total. The predicted octanol–water partition coefficient (Wildman–Crippen LogP) is 6.88. The lowest BCUT2D eigenvalue weighted by Gasteiger charge is -2.51. The van der Waals surface area contributed by atoms with Crippen molar-refractivity contribution in [1.82, 2.24) is 9.80 Å². The van der Waals surface area contributed by atoms with Crippen molar-refractivity contribution in [2.24, 2.45) is 16.7 Å². The number of hydrogen-bond donors (Lipinski definition) is 0. The summed E-state index contributed by atoms with van der Waals surface area (Å²) in [6.07, 6.45) is -4.35. The Morgan fingerprint density at radius 1 is 1.00 bits per heavy atom. The van der Waals surface area contributed by atoms with Crippen LogP contribution in [0.1, 0.15) is 86.7 Å². The van der Waals surface area contributed by atoms with Crippen molar-refractivity contribution in [3.8, 4) is 0 Å². The molecule has 0 unspecified atom stereocenters. The lowest BCUT2D eigenvalue weighted by Crippen LogP contribution is -2.65. The number of alkyl halides is 5. The van der Waals surface area contributed by atoms with E-state index in [2.05, 4.69) is 6.58 Å². The highest BCUT2D eigenvalue weighted by Crippen LogP contribution is 2.60. The second kappa shape index (κ2) is 12.7. The maximum Gasteiger partial charge on any atom is 0.410 e. The normalized spacial score (nSPS) is 23.3. The molecule has 260 valence electrons. The van der Waals surface area contributed by atoms with Gasteiger partial charge in [0.1, 0.15) is 17.6 Å². The van der Waals surface area contributed by atoms with E-state index in [9.17, 15) is 36.3 Å². The van der Waals surface area contributed by atoms with E-state index in [4.69, 9.17) is 14.2 Å². The predicted molar refractivity (Wildman–Crippen MR) is 161 cm³/mol. The van der Waals surface area contributed by atoms with Crippen LogP contribution in [-0.2, 0) is 25.6 Å². The Hall–Kier alpha value is -3.22. The summed E-state index contributed by atoms with van der Waals surface area (Å²) in [4.78, 5) is 41.9. The van der Waals surface area contributed by atoms with Crippen molar-refractivity contribution in [3.05, 3.63) is 47.5 Å². The quantitative estimate of drug-likeness (QED) is 0.162. The number of benzene rings is 1. The van der Waals surface area contributed by atoms with Crippen molar-refractivity contribution in [1.29, 1.82) is 0 Å². The number of nitrogens with zero attached hydrogens (tertiary/aromatic N) is 2. The Bertz CT molecular complexity index is 1370. The fraction of sp³-hybridized carbons (Fsp3) is 0.676. The van der Waals surface area contributed by atoms with Crippen LogP contribution in [0, 0.1) is 16.7 Å². The van der Waals surface area contributed by atoms with E-state index in [-0.39, 0.29) is 102 Å². The van der Waals surface area contributed by atoms with Gasteiger partial charge in [0, 0.05) is 50.4 Å². The minimum absolute atomic E-state index is 0.00929. The Kier molecular flexibility index (Phi) is 9.46. The molecule has 47 heavy (non-hydrogen) atoms. The zero-order valence-electron chi connectivity index (χ0n) is 27.1. The maximum atomic E-state index is 14.0. The van der Waals surface area contributed by atoms with Gasteiger partial charge in [-0.05, 0) is 63.5 Å². The molecule has 13 heteroatoms. The first-order valence-electron chi connectivity index (χ1n) is 16.1. The summed E-state index contributed by atoms with van der Waals surface area (Å²) in [6, 6.07) is 5.25. The van der Waals surface area contributed by atoms with Gasteiger partial charge in [0.15, 0.2) is 0 Å². The number of carbonyl (C=O) groups excluding carboxylic acids is 3. The highest BCUT2D eigenvalue weighted by molar-refractivity contribution is 5.93. The molecular formula is C34H43F5N2O6. The molecule has 0 radical (unpaired) electrons. The number of ether oxygens (including phenoxy) is 3. The van der Waals surface area contributed by atoms with Crippen LogP contribution in [0.5, 0.6) is 0 Å². The second-order valence-corrected chi connectivity index (χ2v) is 14.6. The number of rotatable bonds is 9. The molecule has 1 atom stereocenters. The van der Waals surface area contributed by atoms with E-state index in [0.717, 1.165) is 0 Å². The summed E-state index contributed by atoms with van der Waals surface area (Å²) in [5, 5.41) is 0. The standard InChI is InChI=1S/C34H43F5N2O6/c1-5-15-46-29(44)40-16-24(31(19-40)20-41(21-31)28(43)32(13-14-32)34(37,38)39)18-45-17-23-7-6-8-25(22-9-11-33(35,36)12-10-22)26(23)27(42)47-30(2,3)4/h5-8,22,24H,1,9-21H2,2-4H3/t24-/m0/s1. The number of halogens is 5. The van der Waals surface area contributed by atoms with E-state index >= 15 is 0 Å². The van der Waals surface area contributed by atoms with Gasteiger partial charge in [-0.3, -0.25) is 4.79 Å². The number of esters is 1. The molecule has 0 aromatic heterocycles. The SMILES string of the molecule is C=CCOC(=O)N1C[C@@H](COCc2cccc(C3CCC(F)(F)CC3)c2C(=O)OC(C)(C)C)C2(C1)CN(C(=O)C1(C(F)(F)F)CC1)C2. The summed E-state index contributed by atoms with van der Waals surface area (Å²) in [6.45, 7) is 9.30. The molecule has 1 aromatic carbocycles. The first-order valence-corrected chi connectivity index (χ1v) is 16.1. The summed E-state index contributed by atoms with van der Waals surface area (Å²) in [7, 11) is 0. The van der Waals surface area contributed by atoms with Gasteiger partial charge in [-0.25, -0.2) is 18.4 Å². The van der Waals surface area contributed by atoms with Crippen LogP contribution < -0.4 is 0 Å². The van der Waals surface area contributed by atoms with Crippen LogP contribution in [0.25, 0.3) is 0 Å². The highest BCUT2D eigenvalue weighted by atomic mass is 19.4. The Balaban J connectivity index is 1.32. The minimum atomic E-state index is -4.62. The number of hydrogen-bond acceptors (Lipinski definition) is 6. The molecule has 0 bridgehead atoms. The third-order valence-corrected chi connectivity index (χ3v) is 9.92. The summed E-state index contributed by atoms with van der Waals surface area (Å²) < 4.78 is 86.0. The molecule has 2 heterocycles. The van der Waals surface area contributed by atoms with Crippen LogP contribution in [0.3, 0.4) is 0 Å². The molecule has 4 aliphatic rings. The number of carbonyl (C=O) groups is 3. The van der Waals surface area contributed by atoms with Crippen LogP contribution >= 0.6 is 0 Å². The zero-order valence-corrected chi connectivity index (χ0v) is 27.1.